The number of aromatic nitrogens is 1. The van der Waals surface area contributed by atoms with Crippen LogP contribution in [0.15, 0.2) is 24.5 Å². The summed E-state index contributed by atoms with van der Waals surface area (Å²) in [6.45, 7) is 0. The van der Waals surface area contributed by atoms with Crippen molar-refractivity contribution in [1.82, 2.24) is 9.88 Å². The van der Waals surface area contributed by atoms with Crippen molar-refractivity contribution in [2.45, 2.75) is 18.6 Å². The summed E-state index contributed by atoms with van der Waals surface area (Å²) in [6, 6.07) is 3.71. The standard InChI is InChI=1S/C10H12N2O2/c1-12-8(5-9(13)10(12)14)7-3-2-4-11-6-7/h2-4,6,8-9,13H,5H2,1H3/t8-,9-/m1/s1. The second-order valence-corrected chi connectivity index (χ2v) is 3.50. The zero-order valence-electron chi connectivity index (χ0n) is 7.92. The fourth-order valence-electron chi connectivity index (χ4n) is 1.79. The monoisotopic (exact) mass is 192 g/mol. The molecule has 2 heterocycles. The molecule has 1 aromatic rings. The van der Waals surface area contributed by atoms with E-state index < -0.39 is 6.10 Å². The summed E-state index contributed by atoms with van der Waals surface area (Å²) in [5, 5.41) is 9.39. The van der Waals surface area contributed by atoms with E-state index in [1.807, 2.05) is 12.1 Å². The fourth-order valence-corrected chi connectivity index (χ4v) is 1.79. The molecule has 1 saturated heterocycles. The van der Waals surface area contributed by atoms with Crippen molar-refractivity contribution in [2.24, 2.45) is 0 Å². The Morgan fingerprint density at radius 1 is 1.64 bits per heavy atom. The third-order valence-corrected chi connectivity index (χ3v) is 2.62. The highest BCUT2D eigenvalue weighted by Gasteiger charge is 2.36. The van der Waals surface area contributed by atoms with Crippen LogP contribution in [0, 0.1) is 0 Å². The van der Waals surface area contributed by atoms with E-state index in [2.05, 4.69) is 4.98 Å². The lowest BCUT2D eigenvalue weighted by atomic mass is 10.1. The minimum atomic E-state index is -0.856. The van der Waals surface area contributed by atoms with Crippen molar-refractivity contribution in [3.05, 3.63) is 30.1 Å². The van der Waals surface area contributed by atoms with E-state index in [1.54, 1.807) is 24.3 Å². The highest BCUT2D eigenvalue weighted by molar-refractivity contribution is 5.83. The van der Waals surface area contributed by atoms with Gasteiger partial charge in [0.1, 0.15) is 6.10 Å². The van der Waals surface area contributed by atoms with Gasteiger partial charge in [-0.15, -0.1) is 0 Å². The van der Waals surface area contributed by atoms with Crippen molar-refractivity contribution in [2.75, 3.05) is 7.05 Å². The molecule has 4 heteroatoms. The topological polar surface area (TPSA) is 53.4 Å². The third kappa shape index (κ3) is 1.37. The zero-order chi connectivity index (χ0) is 10.1. The van der Waals surface area contributed by atoms with E-state index in [-0.39, 0.29) is 11.9 Å². The van der Waals surface area contributed by atoms with E-state index in [1.165, 1.54) is 0 Å². The number of rotatable bonds is 1. The minimum absolute atomic E-state index is 0.0359. The first-order valence-corrected chi connectivity index (χ1v) is 4.55. The number of carbonyl (C=O) groups excluding carboxylic acids is 1. The molecule has 0 saturated carbocycles. The van der Waals surface area contributed by atoms with Gasteiger partial charge in [0.15, 0.2) is 0 Å². The van der Waals surface area contributed by atoms with E-state index in [4.69, 9.17) is 0 Å². The first-order valence-electron chi connectivity index (χ1n) is 4.55. The Hall–Kier alpha value is -1.42. The van der Waals surface area contributed by atoms with Crippen molar-refractivity contribution in [3.8, 4) is 0 Å². The maximum absolute atomic E-state index is 11.3. The van der Waals surface area contributed by atoms with Gasteiger partial charge in [-0.25, -0.2) is 0 Å². The van der Waals surface area contributed by atoms with Gasteiger partial charge in [0.05, 0.1) is 6.04 Å². The Bertz CT molecular complexity index is 339. The zero-order valence-corrected chi connectivity index (χ0v) is 7.92. The Balaban J connectivity index is 2.26. The molecule has 0 radical (unpaired) electrons. The molecule has 0 spiro atoms. The summed E-state index contributed by atoms with van der Waals surface area (Å²) in [5.74, 6) is -0.209. The number of likely N-dealkylation sites (tertiary alicyclic amines) is 1. The third-order valence-electron chi connectivity index (χ3n) is 2.62. The van der Waals surface area contributed by atoms with Crippen molar-refractivity contribution in [3.63, 3.8) is 0 Å². The Kier molecular flexibility index (Phi) is 2.21. The quantitative estimate of drug-likeness (QED) is 0.698. The molecule has 1 fully saturated rings. The predicted octanol–water partition coefficient (Wildman–Crippen LogP) is 0.346. The summed E-state index contributed by atoms with van der Waals surface area (Å²) < 4.78 is 0. The molecule has 0 aromatic carbocycles. The molecule has 0 unspecified atom stereocenters. The largest absolute Gasteiger partial charge is 0.383 e. The average Bonchev–Trinajstić information content (AvgIpc) is 2.47. The molecule has 0 aliphatic carbocycles. The van der Waals surface area contributed by atoms with E-state index in [0.29, 0.717) is 6.42 Å². The van der Waals surface area contributed by atoms with Gasteiger partial charge in [0.25, 0.3) is 5.91 Å². The van der Waals surface area contributed by atoms with Gasteiger partial charge in [-0.1, -0.05) is 6.07 Å². The molecule has 1 aliphatic heterocycles. The number of hydrogen-bond acceptors (Lipinski definition) is 3. The predicted molar refractivity (Wildman–Crippen MR) is 50.4 cm³/mol. The number of likely N-dealkylation sites (N-methyl/N-ethyl adjacent to an activating group) is 1. The van der Waals surface area contributed by atoms with Crippen LogP contribution in [0.5, 0.6) is 0 Å². The van der Waals surface area contributed by atoms with Crippen molar-refractivity contribution >= 4 is 5.91 Å². The Labute approximate surface area is 82.2 Å². The molecule has 2 rings (SSSR count). The number of nitrogens with zero attached hydrogens (tertiary/aromatic N) is 2. The fraction of sp³-hybridized carbons (Fsp3) is 0.400. The first-order chi connectivity index (χ1) is 6.70. The summed E-state index contributed by atoms with van der Waals surface area (Å²) in [7, 11) is 1.70. The lowest BCUT2D eigenvalue weighted by Gasteiger charge is -2.18. The van der Waals surface area contributed by atoms with Crippen LogP contribution in [-0.4, -0.2) is 34.0 Å². The number of aliphatic hydroxyl groups excluding tert-OH is 1. The maximum atomic E-state index is 11.3. The van der Waals surface area contributed by atoms with Crippen LogP contribution in [0.25, 0.3) is 0 Å². The molecule has 2 atom stereocenters. The van der Waals surface area contributed by atoms with Gasteiger partial charge in [0, 0.05) is 25.9 Å². The summed E-state index contributed by atoms with van der Waals surface area (Å²) in [6.07, 6.45) is 3.02. The summed E-state index contributed by atoms with van der Waals surface area (Å²) in [4.78, 5) is 16.9. The molecule has 4 nitrogen and oxygen atoms in total. The van der Waals surface area contributed by atoms with Gasteiger partial charge < -0.3 is 10.0 Å². The normalized spacial score (nSPS) is 27.0. The summed E-state index contributed by atoms with van der Waals surface area (Å²) >= 11 is 0. The second kappa shape index (κ2) is 3.38. The number of amides is 1. The molecule has 1 amide bonds. The van der Waals surface area contributed by atoms with Gasteiger partial charge in [-0.3, -0.25) is 9.78 Å². The average molecular weight is 192 g/mol. The number of carbonyl (C=O) groups is 1. The van der Waals surface area contributed by atoms with Crippen LogP contribution in [-0.2, 0) is 4.79 Å². The summed E-state index contributed by atoms with van der Waals surface area (Å²) in [5.41, 5.74) is 0.972. The molecule has 14 heavy (non-hydrogen) atoms. The molecule has 0 bridgehead atoms. The van der Waals surface area contributed by atoms with Gasteiger partial charge in [0.2, 0.25) is 0 Å². The smallest absolute Gasteiger partial charge is 0.251 e. The van der Waals surface area contributed by atoms with Gasteiger partial charge in [-0.05, 0) is 11.6 Å². The molecular formula is C10H12N2O2. The Morgan fingerprint density at radius 2 is 2.43 bits per heavy atom. The second-order valence-electron chi connectivity index (χ2n) is 3.50. The van der Waals surface area contributed by atoms with Gasteiger partial charge >= 0.3 is 0 Å². The lowest BCUT2D eigenvalue weighted by molar-refractivity contribution is -0.134. The SMILES string of the molecule is CN1C(=O)[C@H](O)C[C@@H]1c1cccnc1. The van der Waals surface area contributed by atoms with E-state index in [0.717, 1.165) is 5.56 Å². The number of hydrogen-bond donors (Lipinski definition) is 1. The van der Waals surface area contributed by atoms with Crippen LogP contribution < -0.4 is 0 Å². The molecule has 1 N–H and O–H groups in total. The molecule has 74 valence electrons. The number of pyridine rings is 1. The van der Waals surface area contributed by atoms with Crippen LogP contribution in [0.4, 0.5) is 0 Å². The highest BCUT2D eigenvalue weighted by atomic mass is 16.3. The van der Waals surface area contributed by atoms with Gasteiger partial charge in [-0.2, -0.15) is 0 Å². The molecular weight excluding hydrogens is 180 g/mol. The van der Waals surface area contributed by atoms with Crippen LogP contribution in [0.2, 0.25) is 0 Å². The molecule has 1 aliphatic rings. The first kappa shape index (κ1) is 9.15. The van der Waals surface area contributed by atoms with Crippen molar-refractivity contribution in [1.29, 1.82) is 0 Å². The van der Waals surface area contributed by atoms with E-state index >= 15 is 0 Å². The highest BCUT2D eigenvalue weighted by Crippen LogP contribution is 2.30. The number of aliphatic hydroxyl groups is 1. The van der Waals surface area contributed by atoms with Crippen LogP contribution in [0.3, 0.4) is 0 Å². The van der Waals surface area contributed by atoms with E-state index in [9.17, 15) is 9.90 Å². The lowest BCUT2D eigenvalue weighted by Crippen LogP contribution is -2.26. The molecule has 1 aromatic heterocycles. The maximum Gasteiger partial charge on any atom is 0.251 e. The van der Waals surface area contributed by atoms with Crippen LogP contribution in [0.1, 0.15) is 18.0 Å². The van der Waals surface area contributed by atoms with Crippen LogP contribution >= 0.6 is 0 Å². The van der Waals surface area contributed by atoms with Crippen molar-refractivity contribution < 1.29 is 9.90 Å². The minimum Gasteiger partial charge on any atom is -0.383 e. The Morgan fingerprint density at radius 3 is 2.93 bits per heavy atom.